The molecule has 0 saturated carbocycles. The van der Waals surface area contributed by atoms with Crippen molar-refractivity contribution in [3.63, 3.8) is 0 Å². The summed E-state index contributed by atoms with van der Waals surface area (Å²) in [6.45, 7) is 6.86. The molecule has 0 aliphatic heterocycles. The molecule has 0 saturated heterocycles. The Labute approximate surface area is 55.2 Å². The van der Waals surface area contributed by atoms with E-state index < -0.39 is 0 Å². The highest BCUT2D eigenvalue weighted by Gasteiger charge is 1.79. The molecule has 0 aromatic carbocycles. The zero-order valence-corrected chi connectivity index (χ0v) is 5.52. The molecule has 0 aliphatic rings. The topological polar surface area (TPSA) is 32.3 Å². The maximum atomic E-state index is 8.55. The van der Waals surface area contributed by atoms with Crippen LogP contribution in [0.1, 0.15) is 0 Å². The quantitative estimate of drug-likeness (QED) is 0.440. The van der Waals surface area contributed by atoms with Crippen molar-refractivity contribution in [2.45, 2.75) is 0 Å². The van der Waals surface area contributed by atoms with Gasteiger partial charge in [0.05, 0.1) is 0 Å². The lowest BCUT2D eigenvalue weighted by Gasteiger charge is -1.93. The molecule has 0 amide bonds. The molecule has 0 unspecified atom stereocenters. The van der Waals surface area contributed by atoms with Crippen molar-refractivity contribution < 1.29 is 5.11 Å². The van der Waals surface area contributed by atoms with Gasteiger partial charge in [-0.25, -0.2) is 0 Å². The largest absolute Gasteiger partial charge is 0.509 e. The fraction of sp³-hybridized carbons (Fsp3) is 0.143. The molecule has 2 N–H and O–H groups in total. The second-order valence-corrected chi connectivity index (χ2v) is 1.60. The van der Waals surface area contributed by atoms with Crippen LogP contribution in [-0.4, -0.2) is 12.2 Å². The lowest BCUT2D eigenvalue weighted by atomic mass is 10.4. The predicted molar refractivity (Wildman–Crippen MR) is 39.1 cm³/mol. The Morgan fingerprint density at radius 3 is 2.33 bits per heavy atom. The third kappa shape index (κ3) is 4.68. The molecule has 0 heterocycles. The van der Waals surface area contributed by atoms with Crippen LogP contribution in [-0.2, 0) is 0 Å². The van der Waals surface area contributed by atoms with E-state index in [2.05, 4.69) is 18.5 Å². The molecule has 0 radical (unpaired) electrons. The number of nitrogens with one attached hydrogen (secondary N) is 1. The number of rotatable bonds is 3. The molecule has 0 spiro atoms. The monoisotopic (exact) mass is 125 g/mol. The fourth-order valence-electron chi connectivity index (χ4n) is 0.280. The van der Waals surface area contributed by atoms with Gasteiger partial charge in [-0.15, -0.1) is 0 Å². The van der Waals surface area contributed by atoms with Gasteiger partial charge in [0.15, 0.2) is 0 Å². The number of aliphatic hydroxyl groups is 1. The maximum Gasteiger partial charge on any atom is 0.108 e. The smallest absolute Gasteiger partial charge is 0.108 e. The van der Waals surface area contributed by atoms with Gasteiger partial charge in [0, 0.05) is 12.7 Å². The van der Waals surface area contributed by atoms with Gasteiger partial charge in [-0.3, -0.25) is 0 Å². The molecule has 0 aromatic rings. The third-order valence-electron chi connectivity index (χ3n) is 0.798. The number of allylic oxidation sites excluding steroid dienone is 2. The Kier molecular flexibility index (Phi) is 3.28. The van der Waals surface area contributed by atoms with Crippen molar-refractivity contribution in [3.05, 3.63) is 36.8 Å². The van der Waals surface area contributed by atoms with Crippen LogP contribution in [0.3, 0.4) is 0 Å². The zero-order valence-electron chi connectivity index (χ0n) is 5.52. The summed E-state index contributed by atoms with van der Waals surface area (Å²) in [5.41, 5.74) is 0.741. The van der Waals surface area contributed by atoms with Crippen LogP contribution < -0.4 is 5.32 Å². The van der Waals surface area contributed by atoms with Crippen molar-refractivity contribution in [3.8, 4) is 0 Å². The highest BCUT2D eigenvalue weighted by molar-refractivity contribution is 5.18. The SMILES string of the molecule is C=C(O)/C=C\C(=C)NC. The summed E-state index contributed by atoms with van der Waals surface area (Å²) in [6, 6.07) is 0. The van der Waals surface area contributed by atoms with Crippen LogP contribution in [0.15, 0.2) is 36.8 Å². The van der Waals surface area contributed by atoms with Crippen molar-refractivity contribution >= 4 is 0 Å². The fourth-order valence-corrected chi connectivity index (χ4v) is 0.280. The minimum atomic E-state index is 0.0337. The minimum absolute atomic E-state index is 0.0337. The number of likely N-dealkylation sites (N-methyl/N-ethyl adjacent to an activating group) is 1. The summed E-state index contributed by atoms with van der Waals surface area (Å²) in [7, 11) is 1.76. The molecule has 0 aliphatic carbocycles. The lowest BCUT2D eigenvalue weighted by Crippen LogP contribution is -2.00. The van der Waals surface area contributed by atoms with E-state index in [1.165, 1.54) is 6.08 Å². The Bertz CT molecular complexity index is 147. The van der Waals surface area contributed by atoms with Crippen molar-refractivity contribution in [1.29, 1.82) is 0 Å². The number of hydrogen-bond acceptors (Lipinski definition) is 2. The summed E-state index contributed by atoms with van der Waals surface area (Å²) in [4.78, 5) is 0. The Balaban J connectivity index is 3.71. The average molecular weight is 125 g/mol. The van der Waals surface area contributed by atoms with Crippen LogP contribution in [0.5, 0.6) is 0 Å². The van der Waals surface area contributed by atoms with Gasteiger partial charge < -0.3 is 10.4 Å². The van der Waals surface area contributed by atoms with E-state index in [4.69, 9.17) is 5.11 Å². The van der Waals surface area contributed by atoms with Crippen LogP contribution in [0.2, 0.25) is 0 Å². The van der Waals surface area contributed by atoms with Gasteiger partial charge in [0.2, 0.25) is 0 Å². The van der Waals surface area contributed by atoms with E-state index in [1.807, 2.05) is 0 Å². The second-order valence-electron chi connectivity index (χ2n) is 1.60. The van der Waals surface area contributed by atoms with E-state index >= 15 is 0 Å². The summed E-state index contributed by atoms with van der Waals surface area (Å²) in [6.07, 6.45) is 3.11. The molecule has 0 rings (SSSR count). The standard InChI is InChI=1S/C7H11NO/c1-6(8-3)4-5-7(2)9/h4-5,8-9H,1-2H2,3H3/b5-4-. The number of aliphatic hydroxyl groups excluding tert-OH is 1. The predicted octanol–water partition coefficient (Wildman–Crippen LogP) is 1.35. The third-order valence-corrected chi connectivity index (χ3v) is 0.798. The van der Waals surface area contributed by atoms with Gasteiger partial charge >= 0.3 is 0 Å². The van der Waals surface area contributed by atoms with Crippen LogP contribution in [0.25, 0.3) is 0 Å². The molecule has 0 bridgehead atoms. The minimum Gasteiger partial charge on any atom is -0.509 e. The maximum absolute atomic E-state index is 8.55. The Morgan fingerprint density at radius 2 is 2.00 bits per heavy atom. The Morgan fingerprint density at radius 1 is 1.44 bits per heavy atom. The molecule has 2 nitrogen and oxygen atoms in total. The molecule has 0 atom stereocenters. The second kappa shape index (κ2) is 3.78. The first-order valence-corrected chi connectivity index (χ1v) is 2.59. The highest BCUT2D eigenvalue weighted by Crippen LogP contribution is 1.89. The summed E-state index contributed by atoms with van der Waals surface area (Å²) in [5, 5.41) is 11.3. The average Bonchev–Trinajstić information content (AvgIpc) is 1.83. The molecule has 2 heteroatoms. The first-order chi connectivity index (χ1) is 4.16. The molecule has 50 valence electrons. The molecular formula is C7H11NO. The molecule has 9 heavy (non-hydrogen) atoms. The summed E-state index contributed by atoms with van der Waals surface area (Å²) in [5.74, 6) is 0.0337. The van der Waals surface area contributed by atoms with Crippen molar-refractivity contribution in [2.24, 2.45) is 0 Å². The molecule has 0 aromatic heterocycles. The van der Waals surface area contributed by atoms with Gasteiger partial charge in [-0.2, -0.15) is 0 Å². The van der Waals surface area contributed by atoms with Crippen molar-refractivity contribution in [2.75, 3.05) is 7.05 Å². The van der Waals surface area contributed by atoms with E-state index in [9.17, 15) is 0 Å². The van der Waals surface area contributed by atoms with Crippen molar-refractivity contribution in [1.82, 2.24) is 5.32 Å². The van der Waals surface area contributed by atoms with E-state index in [0.717, 1.165) is 5.70 Å². The van der Waals surface area contributed by atoms with Gasteiger partial charge in [0.1, 0.15) is 5.76 Å². The van der Waals surface area contributed by atoms with Crippen LogP contribution in [0.4, 0.5) is 0 Å². The summed E-state index contributed by atoms with van der Waals surface area (Å²) >= 11 is 0. The summed E-state index contributed by atoms with van der Waals surface area (Å²) < 4.78 is 0. The molecular weight excluding hydrogens is 114 g/mol. The van der Waals surface area contributed by atoms with E-state index in [-0.39, 0.29) is 5.76 Å². The zero-order chi connectivity index (χ0) is 7.28. The van der Waals surface area contributed by atoms with E-state index in [1.54, 1.807) is 13.1 Å². The first-order valence-electron chi connectivity index (χ1n) is 2.59. The van der Waals surface area contributed by atoms with E-state index in [0.29, 0.717) is 0 Å². The van der Waals surface area contributed by atoms with Gasteiger partial charge in [0.25, 0.3) is 0 Å². The van der Waals surface area contributed by atoms with Crippen LogP contribution in [0, 0.1) is 0 Å². The first kappa shape index (κ1) is 7.82. The molecule has 0 fully saturated rings. The van der Waals surface area contributed by atoms with Crippen LogP contribution >= 0.6 is 0 Å². The Hall–Kier alpha value is -1.18. The normalized spacial score (nSPS) is 9.44. The number of hydrogen-bond donors (Lipinski definition) is 2. The van der Waals surface area contributed by atoms with Gasteiger partial charge in [-0.1, -0.05) is 13.2 Å². The lowest BCUT2D eigenvalue weighted by molar-refractivity contribution is 0.435. The highest BCUT2D eigenvalue weighted by atomic mass is 16.3. The van der Waals surface area contributed by atoms with Gasteiger partial charge in [-0.05, 0) is 12.2 Å².